The standard InChI is InChI=1S/C19H23N5O2/c25-24(26)17-18(22-15-9-2-1-3-10-15)20-13-21-19(17)23-12-6-8-14-7-4-5-11-16(14)23/h4-5,7,11,13,15H,1-3,6,8-10,12H2,(H,20,21,22). The fourth-order valence-corrected chi connectivity index (χ4v) is 4.03. The molecule has 7 heteroatoms. The largest absolute Gasteiger partial charge is 0.361 e. The van der Waals surface area contributed by atoms with Gasteiger partial charge in [-0.25, -0.2) is 9.97 Å². The lowest BCUT2D eigenvalue weighted by Gasteiger charge is -2.30. The SMILES string of the molecule is O=[N+]([O-])c1c(NC2CCCCC2)ncnc1N1CCCc2ccccc21. The van der Waals surface area contributed by atoms with E-state index in [1.165, 1.54) is 18.3 Å². The summed E-state index contributed by atoms with van der Waals surface area (Å²) in [5.74, 6) is 0.727. The van der Waals surface area contributed by atoms with E-state index in [1.807, 2.05) is 23.1 Å². The van der Waals surface area contributed by atoms with Crippen LogP contribution in [-0.2, 0) is 6.42 Å². The molecule has 0 unspecified atom stereocenters. The molecule has 2 aromatic rings. The van der Waals surface area contributed by atoms with Crippen LogP contribution in [0.25, 0.3) is 0 Å². The Labute approximate surface area is 152 Å². The molecule has 4 rings (SSSR count). The highest BCUT2D eigenvalue weighted by Crippen LogP contribution is 2.40. The lowest BCUT2D eigenvalue weighted by atomic mass is 9.95. The zero-order valence-electron chi connectivity index (χ0n) is 14.7. The molecule has 0 radical (unpaired) electrons. The average molecular weight is 353 g/mol. The second-order valence-electron chi connectivity index (χ2n) is 7.01. The van der Waals surface area contributed by atoms with Crippen molar-refractivity contribution >= 4 is 23.0 Å². The van der Waals surface area contributed by atoms with Crippen LogP contribution >= 0.6 is 0 Å². The molecule has 1 aliphatic heterocycles. The van der Waals surface area contributed by atoms with Crippen LogP contribution in [0.5, 0.6) is 0 Å². The topological polar surface area (TPSA) is 84.2 Å². The molecule has 2 aliphatic rings. The molecule has 0 spiro atoms. The Morgan fingerprint density at radius 2 is 1.92 bits per heavy atom. The fourth-order valence-electron chi connectivity index (χ4n) is 4.03. The minimum absolute atomic E-state index is 0.0187. The molecule has 1 aromatic carbocycles. The molecule has 1 aliphatic carbocycles. The zero-order valence-corrected chi connectivity index (χ0v) is 14.7. The Kier molecular flexibility index (Phi) is 4.69. The average Bonchev–Trinajstić information content (AvgIpc) is 2.68. The van der Waals surface area contributed by atoms with Crippen molar-refractivity contribution in [3.63, 3.8) is 0 Å². The summed E-state index contributed by atoms with van der Waals surface area (Å²) in [6.07, 6.45) is 8.98. The summed E-state index contributed by atoms with van der Waals surface area (Å²) >= 11 is 0. The monoisotopic (exact) mass is 353 g/mol. The highest BCUT2D eigenvalue weighted by molar-refractivity contribution is 5.77. The maximum absolute atomic E-state index is 11.9. The predicted octanol–water partition coefficient (Wildman–Crippen LogP) is 4.21. The highest BCUT2D eigenvalue weighted by Gasteiger charge is 2.31. The second-order valence-corrected chi connectivity index (χ2v) is 7.01. The van der Waals surface area contributed by atoms with Crippen molar-refractivity contribution in [3.05, 3.63) is 46.3 Å². The first-order valence-electron chi connectivity index (χ1n) is 9.35. The smallest absolute Gasteiger partial charge is 0.353 e. The summed E-state index contributed by atoms with van der Waals surface area (Å²) in [5.41, 5.74) is 2.19. The van der Waals surface area contributed by atoms with Crippen LogP contribution in [0, 0.1) is 10.1 Å². The Morgan fingerprint density at radius 1 is 1.12 bits per heavy atom. The number of nitrogens with one attached hydrogen (secondary N) is 1. The molecular formula is C19H23N5O2. The Balaban J connectivity index is 1.73. The number of nitro groups is 1. The van der Waals surface area contributed by atoms with E-state index in [4.69, 9.17) is 0 Å². The van der Waals surface area contributed by atoms with Gasteiger partial charge in [-0.05, 0) is 37.3 Å². The number of benzene rings is 1. The second kappa shape index (κ2) is 7.27. The van der Waals surface area contributed by atoms with Crippen molar-refractivity contribution in [1.82, 2.24) is 9.97 Å². The van der Waals surface area contributed by atoms with Crippen molar-refractivity contribution in [2.75, 3.05) is 16.8 Å². The third-order valence-electron chi connectivity index (χ3n) is 5.30. The van der Waals surface area contributed by atoms with Crippen LogP contribution in [0.3, 0.4) is 0 Å². The van der Waals surface area contributed by atoms with Gasteiger partial charge in [0.25, 0.3) is 0 Å². The van der Waals surface area contributed by atoms with Crippen LogP contribution in [0.1, 0.15) is 44.1 Å². The summed E-state index contributed by atoms with van der Waals surface area (Å²) in [6.45, 7) is 0.720. The molecule has 1 aromatic heterocycles. The van der Waals surface area contributed by atoms with E-state index in [0.29, 0.717) is 11.6 Å². The number of aromatic nitrogens is 2. The molecule has 1 fully saturated rings. The molecule has 7 nitrogen and oxygen atoms in total. The van der Waals surface area contributed by atoms with Crippen molar-refractivity contribution in [2.24, 2.45) is 0 Å². The van der Waals surface area contributed by atoms with E-state index in [-0.39, 0.29) is 16.7 Å². The summed E-state index contributed by atoms with van der Waals surface area (Å²) in [7, 11) is 0. The summed E-state index contributed by atoms with van der Waals surface area (Å²) in [6, 6.07) is 8.31. The number of anilines is 3. The number of aryl methyl sites for hydroxylation is 1. The van der Waals surface area contributed by atoms with Crippen LogP contribution in [0.15, 0.2) is 30.6 Å². The van der Waals surface area contributed by atoms with Gasteiger partial charge in [0.1, 0.15) is 6.33 Å². The first-order chi connectivity index (χ1) is 12.7. The van der Waals surface area contributed by atoms with E-state index >= 15 is 0 Å². The van der Waals surface area contributed by atoms with Gasteiger partial charge >= 0.3 is 5.69 Å². The van der Waals surface area contributed by atoms with Crippen LogP contribution in [-0.4, -0.2) is 27.5 Å². The molecule has 26 heavy (non-hydrogen) atoms. The number of hydrogen-bond acceptors (Lipinski definition) is 6. The molecule has 0 saturated heterocycles. The lowest BCUT2D eigenvalue weighted by molar-refractivity contribution is -0.383. The van der Waals surface area contributed by atoms with Crippen LogP contribution in [0.2, 0.25) is 0 Å². The van der Waals surface area contributed by atoms with Crippen molar-refractivity contribution < 1.29 is 4.92 Å². The van der Waals surface area contributed by atoms with Gasteiger partial charge in [-0.3, -0.25) is 10.1 Å². The minimum Gasteiger partial charge on any atom is -0.361 e. The van der Waals surface area contributed by atoms with E-state index in [1.54, 1.807) is 0 Å². The molecule has 2 heterocycles. The van der Waals surface area contributed by atoms with Gasteiger partial charge in [-0.2, -0.15) is 0 Å². The lowest BCUT2D eigenvalue weighted by Crippen LogP contribution is -2.28. The van der Waals surface area contributed by atoms with E-state index < -0.39 is 0 Å². The summed E-state index contributed by atoms with van der Waals surface area (Å²) in [4.78, 5) is 22.0. The quantitative estimate of drug-likeness (QED) is 0.654. The molecule has 1 saturated carbocycles. The van der Waals surface area contributed by atoms with E-state index in [9.17, 15) is 10.1 Å². The molecule has 0 atom stereocenters. The van der Waals surface area contributed by atoms with Gasteiger partial charge in [-0.1, -0.05) is 37.5 Å². The van der Waals surface area contributed by atoms with Gasteiger partial charge < -0.3 is 10.2 Å². The van der Waals surface area contributed by atoms with Gasteiger partial charge in [0.05, 0.1) is 4.92 Å². The van der Waals surface area contributed by atoms with E-state index in [2.05, 4.69) is 21.4 Å². The molecule has 1 N–H and O–H groups in total. The number of nitrogens with zero attached hydrogens (tertiary/aromatic N) is 4. The third-order valence-corrected chi connectivity index (χ3v) is 5.30. The summed E-state index contributed by atoms with van der Waals surface area (Å²) < 4.78 is 0. The first kappa shape index (κ1) is 16.8. The predicted molar refractivity (Wildman–Crippen MR) is 101 cm³/mol. The van der Waals surface area contributed by atoms with Crippen LogP contribution < -0.4 is 10.2 Å². The maximum Gasteiger partial charge on any atom is 0.353 e. The Bertz CT molecular complexity index is 804. The molecule has 0 amide bonds. The number of fused-ring (bicyclic) bond motifs is 1. The Hall–Kier alpha value is -2.70. The highest BCUT2D eigenvalue weighted by atomic mass is 16.6. The van der Waals surface area contributed by atoms with Gasteiger partial charge in [-0.15, -0.1) is 0 Å². The number of hydrogen-bond donors (Lipinski definition) is 1. The van der Waals surface area contributed by atoms with Gasteiger partial charge in [0.2, 0.25) is 11.6 Å². The number of rotatable bonds is 4. The van der Waals surface area contributed by atoms with Crippen LogP contribution in [0.4, 0.5) is 23.0 Å². The van der Waals surface area contributed by atoms with E-state index in [0.717, 1.165) is 50.8 Å². The van der Waals surface area contributed by atoms with Gasteiger partial charge in [0.15, 0.2) is 0 Å². The molecule has 0 bridgehead atoms. The van der Waals surface area contributed by atoms with Crippen molar-refractivity contribution in [1.29, 1.82) is 0 Å². The fraction of sp³-hybridized carbons (Fsp3) is 0.474. The first-order valence-corrected chi connectivity index (χ1v) is 9.35. The third kappa shape index (κ3) is 3.21. The minimum atomic E-state index is -0.349. The maximum atomic E-state index is 11.9. The normalized spacial score (nSPS) is 17.6. The zero-order chi connectivity index (χ0) is 17.9. The Morgan fingerprint density at radius 3 is 2.73 bits per heavy atom. The van der Waals surface area contributed by atoms with Crippen molar-refractivity contribution in [2.45, 2.75) is 51.0 Å². The molecular weight excluding hydrogens is 330 g/mol. The van der Waals surface area contributed by atoms with Crippen molar-refractivity contribution in [3.8, 4) is 0 Å². The van der Waals surface area contributed by atoms with Gasteiger partial charge in [0, 0.05) is 18.3 Å². The summed E-state index contributed by atoms with van der Waals surface area (Å²) in [5, 5.41) is 15.2. The molecule has 136 valence electrons. The number of para-hydroxylation sites is 1.